The highest BCUT2D eigenvalue weighted by atomic mass is 19.1. The molecule has 0 fully saturated rings. The third kappa shape index (κ3) is 7.23. The molecule has 34 heavy (non-hydrogen) atoms. The van der Waals surface area contributed by atoms with Gasteiger partial charge in [-0.2, -0.15) is 5.10 Å². The molecule has 182 valence electrons. The Bertz CT molecular complexity index is 1020. The average Bonchev–Trinajstić information content (AvgIpc) is 3.14. The zero-order chi connectivity index (χ0) is 24.3. The zero-order valence-electron chi connectivity index (χ0n) is 19.7. The van der Waals surface area contributed by atoms with Crippen molar-refractivity contribution in [3.63, 3.8) is 0 Å². The largest absolute Gasteiger partial charge is 0.439 e. The van der Waals surface area contributed by atoms with Crippen LogP contribution in [0.4, 0.5) is 4.39 Å². The molecule has 0 bridgehead atoms. The van der Waals surface area contributed by atoms with Gasteiger partial charge in [-0.3, -0.25) is 4.90 Å². The van der Waals surface area contributed by atoms with Crippen LogP contribution in [-0.2, 0) is 16.0 Å². The van der Waals surface area contributed by atoms with Gasteiger partial charge in [-0.1, -0.05) is 24.3 Å². The zero-order valence-corrected chi connectivity index (χ0v) is 19.7. The smallest absolute Gasteiger partial charge is 0.227 e. The Kier molecular flexibility index (Phi) is 9.78. The SMILES string of the molecule is C=CCOC[C@@H](O)CN(CCOC)Cc1c(C)nn(-c2ccccc2)c1Oc1ccc(F)cc1. The molecule has 0 unspecified atom stereocenters. The van der Waals surface area contributed by atoms with Crippen LogP contribution in [0.2, 0.25) is 0 Å². The highest BCUT2D eigenvalue weighted by molar-refractivity contribution is 5.43. The Balaban J connectivity index is 1.91. The van der Waals surface area contributed by atoms with Gasteiger partial charge < -0.3 is 19.3 Å². The van der Waals surface area contributed by atoms with Crippen LogP contribution in [0.5, 0.6) is 11.6 Å². The number of halogens is 1. The van der Waals surface area contributed by atoms with Gasteiger partial charge in [-0.15, -0.1) is 6.58 Å². The standard InChI is InChI=1S/C26H32FN3O4/c1-4-15-33-19-23(31)17-29(14-16-32-3)18-25-20(2)28-30(22-8-6-5-7-9-22)26(25)34-24-12-10-21(27)11-13-24/h4-13,23,31H,1,14-19H2,2-3H3/t23-/m0/s1. The molecule has 1 heterocycles. The quantitative estimate of drug-likeness (QED) is 0.283. The number of aryl methyl sites for hydroxylation is 1. The van der Waals surface area contributed by atoms with E-state index in [1.54, 1.807) is 30.0 Å². The molecule has 1 aromatic heterocycles. The molecule has 0 radical (unpaired) electrons. The highest BCUT2D eigenvalue weighted by Gasteiger charge is 2.22. The number of hydrogen-bond acceptors (Lipinski definition) is 6. The minimum atomic E-state index is -0.678. The summed E-state index contributed by atoms with van der Waals surface area (Å²) in [5, 5.41) is 15.2. The van der Waals surface area contributed by atoms with Crippen molar-refractivity contribution in [1.29, 1.82) is 0 Å². The molecule has 0 saturated carbocycles. The molecule has 0 amide bonds. The van der Waals surface area contributed by atoms with E-state index < -0.39 is 6.10 Å². The van der Waals surface area contributed by atoms with Crippen LogP contribution in [0.1, 0.15) is 11.3 Å². The van der Waals surface area contributed by atoms with E-state index in [0.29, 0.717) is 44.5 Å². The molecule has 1 atom stereocenters. The van der Waals surface area contributed by atoms with Crippen molar-refractivity contribution >= 4 is 0 Å². The topological polar surface area (TPSA) is 69.0 Å². The molecule has 0 saturated heterocycles. The number of methoxy groups -OCH3 is 1. The number of aliphatic hydroxyl groups excluding tert-OH is 1. The van der Waals surface area contributed by atoms with E-state index in [1.807, 2.05) is 37.3 Å². The molecule has 3 aromatic rings. The number of nitrogens with zero attached hydrogens (tertiary/aromatic N) is 3. The Morgan fingerprint density at radius 3 is 2.59 bits per heavy atom. The van der Waals surface area contributed by atoms with E-state index >= 15 is 0 Å². The first-order chi connectivity index (χ1) is 16.5. The first kappa shape index (κ1) is 25.6. The van der Waals surface area contributed by atoms with Gasteiger partial charge in [0, 0.05) is 26.7 Å². The van der Waals surface area contributed by atoms with Gasteiger partial charge in [0.1, 0.15) is 11.6 Å². The van der Waals surface area contributed by atoms with Crippen LogP contribution in [0.15, 0.2) is 67.3 Å². The summed E-state index contributed by atoms with van der Waals surface area (Å²) in [5.41, 5.74) is 2.50. The van der Waals surface area contributed by atoms with Crippen LogP contribution in [0, 0.1) is 12.7 Å². The maximum absolute atomic E-state index is 13.4. The van der Waals surface area contributed by atoms with E-state index in [4.69, 9.17) is 19.3 Å². The predicted molar refractivity (Wildman–Crippen MR) is 129 cm³/mol. The summed E-state index contributed by atoms with van der Waals surface area (Å²) >= 11 is 0. The number of rotatable bonds is 14. The summed E-state index contributed by atoms with van der Waals surface area (Å²) < 4.78 is 32.1. The Morgan fingerprint density at radius 2 is 1.91 bits per heavy atom. The lowest BCUT2D eigenvalue weighted by Gasteiger charge is -2.25. The van der Waals surface area contributed by atoms with Gasteiger partial charge in [0.15, 0.2) is 0 Å². The lowest BCUT2D eigenvalue weighted by molar-refractivity contribution is 0.0192. The Hall–Kier alpha value is -3.04. The summed E-state index contributed by atoms with van der Waals surface area (Å²) in [5.74, 6) is 0.704. The van der Waals surface area contributed by atoms with Crippen molar-refractivity contribution in [1.82, 2.24) is 14.7 Å². The second-order valence-corrected chi connectivity index (χ2v) is 7.88. The van der Waals surface area contributed by atoms with Crippen molar-refractivity contribution in [2.45, 2.75) is 19.6 Å². The number of aromatic nitrogens is 2. The summed E-state index contributed by atoms with van der Waals surface area (Å²) in [7, 11) is 1.64. The third-order valence-corrected chi connectivity index (χ3v) is 5.17. The molecule has 8 heteroatoms. The first-order valence-corrected chi connectivity index (χ1v) is 11.2. The number of benzene rings is 2. The minimum Gasteiger partial charge on any atom is -0.439 e. The van der Waals surface area contributed by atoms with E-state index in [2.05, 4.69) is 11.5 Å². The van der Waals surface area contributed by atoms with Crippen LogP contribution in [0.3, 0.4) is 0 Å². The number of ether oxygens (including phenoxy) is 3. The van der Waals surface area contributed by atoms with Gasteiger partial charge in [-0.25, -0.2) is 9.07 Å². The molecule has 0 aliphatic carbocycles. The lowest BCUT2D eigenvalue weighted by atomic mass is 10.2. The molecular formula is C26H32FN3O4. The van der Waals surface area contributed by atoms with E-state index in [1.165, 1.54) is 12.1 Å². The van der Waals surface area contributed by atoms with Gasteiger partial charge in [0.25, 0.3) is 0 Å². The van der Waals surface area contributed by atoms with Crippen molar-refractivity contribution in [2.24, 2.45) is 0 Å². The van der Waals surface area contributed by atoms with Crippen LogP contribution in [0.25, 0.3) is 5.69 Å². The average molecular weight is 470 g/mol. The highest BCUT2D eigenvalue weighted by Crippen LogP contribution is 2.31. The fourth-order valence-electron chi connectivity index (χ4n) is 3.50. The first-order valence-electron chi connectivity index (χ1n) is 11.2. The summed E-state index contributed by atoms with van der Waals surface area (Å²) in [6.45, 7) is 8.08. The molecule has 1 N–H and O–H groups in total. The fraction of sp³-hybridized carbons (Fsp3) is 0.346. The van der Waals surface area contributed by atoms with E-state index in [9.17, 15) is 9.50 Å². The third-order valence-electron chi connectivity index (χ3n) is 5.17. The molecule has 0 aliphatic rings. The van der Waals surface area contributed by atoms with Gasteiger partial charge >= 0.3 is 0 Å². The lowest BCUT2D eigenvalue weighted by Crippen LogP contribution is -2.36. The van der Waals surface area contributed by atoms with Crippen LogP contribution >= 0.6 is 0 Å². The minimum absolute atomic E-state index is 0.205. The predicted octanol–water partition coefficient (Wildman–Crippen LogP) is 4.12. The summed E-state index contributed by atoms with van der Waals surface area (Å²) in [6.07, 6.45) is 0.971. The van der Waals surface area contributed by atoms with Crippen LogP contribution < -0.4 is 4.74 Å². The fourth-order valence-corrected chi connectivity index (χ4v) is 3.50. The molecule has 2 aromatic carbocycles. The molecule has 7 nitrogen and oxygen atoms in total. The van der Waals surface area contributed by atoms with Crippen molar-refractivity contribution in [3.8, 4) is 17.3 Å². The van der Waals surface area contributed by atoms with Gasteiger partial charge in [0.2, 0.25) is 5.88 Å². The summed E-state index contributed by atoms with van der Waals surface area (Å²) in [6, 6.07) is 15.6. The molecular weight excluding hydrogens is 437 g/mol. The summed E-state index contributed by atoms with van der Waals surface area (Å²) in [4.78, 5) is 2.07. The Labute approximate surface area is 200 Å². The van der Waals surface area contributed by atoms with Crippen molar-refractivity contribution in [3.05, 3.63) is 84.3 Å². The van der Waals surface area contributed by atoms with Crippen LogP contribution in [-0.4, -0.2) is 65.9 Å². The molecule has 0 spiro atoms. The normalized spacial score (nSPS) is 12.1. The van der Waals surface area contributed by atoms with E-state index in [0.717, 1.165) is 16.9 Å². The van der Waals surface area contributed by atoms with Crippen molar-refractivity contribution in [2.75, 3.05) is 40.0 Å². The molecule has 3 rings (SSSR count). The number of hydrogen-bond donors (Lipinski definition) is 1. The number of para-hydroxylation sites is 1. The maximum Gasteiger partial charge on any atom is 0.227 e. The van der Waals surface area contributed by atoms with Gasteiger partial charge in [-0.05, 0) is 43.3 Å². The van der Waals surface area contributed by atoms with Crippen molar-refractivity contribution < 1.29 is 23.7 Å². The Morgan fingerprint density at radius 1 is 1.18 bits per heavy atom. The molecule has 0 aliphatic heterocycles. The monoisotopic (exact) mass is 469 g/mol. The second kappa shape index (κ2) is 13.0. The maximum atomic E-state index is 13.4. The second-order valence-electron chi connectivity index (χ2n) is 7.88. The van der Waals surface area contributed by atoms with E-state index in [-0.39, 0.29) is 12.4 Å². The van der Waals surface area contributed by atoms with Gasteiger partial charge in [0.05, 0.1) is 42.9 Å². The number of aliphatic hydroxyl groups is 1.